The zero-order chi connectivity index (χ0) is 20.3. The van der Waals surface area contributed by atoms with E-state index < -0.39 is 0 Å². The van der Waals surface area contributed by atoms with Crippen molar-refractivity contribution in [2.45, 2.75) is 38.5 Å². The van der Waals surface area contributed by atoms with Crippen LogP contribution in [0.25, 0.3) is 0 Å². The van der Waals surface area contributed by atoms with Gasteiger partial charge < -0.3 is 14.7 Å². The van der Waals surface area contributed by atoms with Crippen molar-refractivity contribution in [2.75, 3.05) is 46.8 Å². The van der Waals surface area contributed by atoms with Gasteiger partial charge in [0.15, 0.2) is 0 Å². The van der Waals surface area contributed by atoms with Gasteiger partial charge in [-0.3, -0.25) is 9.59 Å². The highest BCUT2D eigenvalue weighted by Crippen LogP contribution is 2.45. The number of hydrogen-bond donors (Lipinski definition) is 0. The van der Waals surface area contributed by atoms with Crippen LogP contribution in [0.2, 0.25) is 0 Å². The summed E-state index contributed by atoms with van der Waals surface area (Å²) in [7, 11) is 3.92. The number of carbonyl (C=O) groups is 2. The largest absolute Gasteiger partial charge is 0.339 e. The predicted octanol–water partition coefficient (Wildman–Crippen LogP) is 2.64. The number of nitrogens with zero attached hydrogens (tertiary/aromatic N) is 3. The zero-order valence-corrected chi connectivity index (χ0v) is 17.3. The monoisotopic (exact) mass is 389 g/mol. The summed E-state index contributed by atoms with van der Waals surface area (Å²) in [6.07, 6.45) is 3.28. The van der Waals surface area contributed by atoms with Crippen molar-refractivity contribution in [3.8, 4) is 0 Å². The smallest absolute Gasteiger partial charge is 0.223 e. The van der Waals surface area contributed by atoms with E-state index in [1.807, 2.05) is 40.9 Å². The number of halogens is 1. The van der Waals surface area contributed by atoms with Gasteiger partial charge in [-0.2, -0.15) is 0 Å². The molecule has 0 radical (unpaired) electrons. The number of piperazine rings is 1. The first-order chi connectivity index (χ1) is 13.3. The lowest BCUT2D eigenvalue weighted by molar-refractivity contribution is -0.140. The summed E-state index contributed by atoms with van der Waals surface area (Å²) in [5.41, 5.74) is 1.72. The lowest BCUT2D eigenvalue weighted by Crippen LogP contribution is -2.51. The van der Waals surface area contributed by atoms with Crippen LogP contribution < -0.4 is 0 Å². The number of aryl methyl sites for hydroxylation is 1. The molecule has 1 unspecified atom stereocenters. The minimum atomic E-state index is -0.195. The van der Waals surface area contributed by atoms with Gasteiger partial charge in [-0.15, -0.1) is 0 Å². The normalized spacial score (nSPS) is 18.5. The lowest BCUT2D eigenvalue weighted by atomic mass is 9.89. The number of rotatable bonds is 7. The fourth-order valence-corrected chi connectivity index (χ4v) is 3.95. The van der Waals surface area contributed by atoms with E-state index >= 15 is 0 Å². The maximum atomic E-state index is 13.6. The van der Waals surface area contributed by atoms with Crippen molar-refractivity contribution in [1.29, 1.82) is 0 Å². The van der Waals surface area contributed by atoms with Gasteiger partial charge in [0.05, 0.1) is 0 Å². The summed E-state index contributed by atoms with van der Waals surface area (Å²) in [5.74, 6) is 0.826. The summed E-state index contributed by atoms with van der Waals surface area (Å²) in [6.45, 7) is 4.96. The van der Waals surface area contributed by atoms with Gasteiger partial charge in [0.2, 0.25) is 11.8 Å². The van der Waals surface area contributed by atoms with Crippen LogP contribution in [0.5, 0.6) is 0 Å². The molecule has 1 aliphatic heterocycles. The Kier molecular flexibility index (Phi) is 6.70. The SMILES string of the molecule is Cc1cc(C(CC(=O)N2CCN(C(=O)CCN(C)C)CC2)C2CC2)ccc1F. The van der Waals surface area contributed by atoms with E-state index in [0.717, 1.165) is 24.9 Å². The molecule has 2 aliphatic rings. The predicted molar refractivity (Wildman–Crippen MR) is 108 cm³/mol. The summed E-state index contributed by atoms with van der Waals surface area (Å²) in [5, 5.41) is 0. The molecular formula is C22H32FN3O2. The Labute approximate surface area is 167 Å². The van der Waals surface area contributed by atoms with Crippen LogP contribution in [0.15, 0.2) is 18.2 Å². The van der Waals surface area contributed by atoms with Crippen LogP contribution in [0.4, 0.5) is 4.39 Å². The highest BCUT2D eigenvalue weighted by atomic mass is 19.1. The van der Waals surface area contributed by atoms with Gasteiger partial charge in [-0.1, -0.05) is 12.1 Å². The highest BCUT2D eigenvalue weighted by molar-refractivity contribution is 5.79. The average molecular weight is 390 g/mol. The molecule has 0 N–H and O–H groups in total. The fraction of sp³-hybridized carbons (Fsp3) is 0.636. The van der Waals surface area contributed by atoms with E-state index in [2.05, 4.69) is 0 Å². The van der Waals surface area contributed by atoms with Crippen LogP contribution >= 0.6 is 0 Å². The molecular weight excluding hydrogens is 357 g/mol. The standard InChI is InChI=1S/C22H32FN3O2/c1-16-14-18(6-7-20(16)23)19(17-4-5-17)15-22(28)26-12-10-25(11-13-26)21(27)8-9-24(2)3/h6-7,14,17,19H,4-5,8-13,15H2,1-3H3. The van der Waals surface area contributed by atoms with E-state index in [-0.39, 0.29) is 23.5 Å². The Morgan fingerprint density at radius 1 is 1.11 bits per heavy atom. The second kappa shape index (κ2) is 9.03. The van der Waals surface area contributed by atoms with E-state index in [1.165, 1.54) is 6.07 Å². The minimum Gasteiger partial charge on any atom is -0.339 e. The quantitative estimate of drug-likeness (QED) is 0.720. The molecule has 1 aliphatic carbocycles. The molecule has 2 amide bonds. The molecule has 1 aromatic carbocycles. The third-order valence-electron chi connectivity index (χ3n) is 5.95. The van der Waals surface area contributed by atoms with E-state index in [0.29, 0.717) is 50.5 Å². The second-order valence-electron chi connectivity index (χ2n) is 8.47. The first-order valence-electron chi connectivity index (χ1n) is 10.3. The maximum Gasteiger partial charge on any atom is 0.223 e. The van der Waals surface area contributed by atoms with Gasteiger partial charge >= 0.3 is 0 Å². The van der Waals surface area contributed by atoms with Crippen molar-refractivity contribution in [3.05, 3.63) is 35.1 Å². The second-order valence-corrected chi connectivity index (χ2v) is 8.47. The fourth-order valence-electron chi connectivity index (χ4n) is 3.95. The average Bonchev–Trinajstić information content (AvgIpc) is 3.51. The Hall–Kier alpha value is -1.95. The maximum absolute atomic E-state index is 13.6. The molecule has 6 heteroatoms. The van der Waals surface area contributed by atoms with Crippen LogP contribution in [0.1, 0.15) is 42.7 Å². The van der Waals surface area contributed by atoms with Crippen molar-refractivity contribution in [2.24, 2.45) is 5.92 Å². The van der Waals surface area contributed by atoms with Gasteiger partial charge in [0.25, 0.3) is 0 Å². The van der Waals surface area contributed by atoms with Crippen LogP contribution in [0.3, 0.4) is 0 Å². The van der Waals surface area contributed by atoms with Crippen LogP contribution in [-0.2, 0) is 9.59 Å². The van der Waals surface area contributed by atoms with Crippen molar-refractivity contribution in [3.63, 3.8) is 0 Å². The highest BCUT2D eigenvalue weighted by Gasteiger charge is 2.35. The molecule has 0 bridgehead atoms. The zero-order valence-electron chi connectivity index (χ0n) is 17.3. The molecule has 28 heavy (non-hydrogen) atoms. The molecule has 3 rings (SSSR count). The third-order valence-corrected chi connectivity index (χ3v) is 5.95. The first kappa shape index (κ1) is 20.8. The summed E-state index contributed by atoms with van der Waals surface area (Å²) < 4.78 is 13.6. The van der Waals surface area contributed by atoms with Gasteiger partial charge in [0.1, 0.15) is 5.82 Å². The molecule has 5 nitrogen and oxygen atoms in total. The molecule has 1 atom stereocenters. The minimum absolute atomic E-state index is 0.152. The molecule has 0 aromatic heterocycles. The number of hydrogen-bond acceptors (Lipinski definition) is 3. The molecule has 0 spiro atoms. The van der Waals surface area contributed by atoms with E-state index in [1.54, 1.807) is 6.92 Å². The van der Waals surface area contributed by atoms with Gasteiger partial charge in [-0.25, -0.2) is 4.39 Å². The molecule has 1 aromatic rings. The molecule has 1 saturated heterocycles. The van der Waals surface area contributed by atoms with E-state index in [4.69, 9.17) is 0 Å². The number of carbonyl (C=O) groups excluding carboxylic acids is 2. The third kappa shape index (κ3) is 5.31. The number of benzene rings is 1. The summed E-state index contributed by atoms with van der Waals surface area (Å²) in [6, 6.07) is 5.25. The van der Waals surface area contributed by atoms with Crippen molar-refractivity contribution < 1.29 is 14.0 Å². The Balaban J connectivity index is 1.54. The summed E-state index contributed by atoms with van der Waals surface area (Å²) >= 11 is 0. The molecule has 2 fully saturated rings. The molecule has 1 heterocycles. The van der Waals surface area contributed by atoms with Gasteiger partial charge in [0, 0.05) is 45.6 Å². The van der Waals surface area contributed by atoms with Crippen molar-refractivity contribution in [1.82, 2.24) is 14.7 Å². The Bertz CT molecular complexity index is 710. The lowest BCUT2D eigenvalue weighted by Gasteiger charge is -2.35. The Morgan fingerprint density at radius 2 is 1.71 bits per heavy atom. The van der Waals surface area contributed by atoms with Crippen LogP contribution in [-0.4, -0.2) is 73.3 Å². The Morgan fingerprint density at radius 3 is 2.25 bits per heavy atom. The van der Waals surface area contributed by atoms with Crippen molar-refractivity contribution >= 4 is 11.8 Å². The van der Waals surface area contributed by atoms with Crippen LogP contribution in [0, 0.1) is 18.7 Å². The number of amides is 2. The van der Waals surface area contributed by atoms with E-state index in [9.17, 15) is 14.0 Å². The first-order valence-corrected chi connectivity index (χ1v) is 10.3. The molecule has 154 valence electrons. The van der Waals surface area contributed by atoms with Gasteiger partial charge in [-0.05, 0) is 62.9 Å². The summed E-state index contributed by atoms with van der Waals surface area (Å²) in [4.78, 5) is 30.9. The topological polar surface area (TPSA) is 43.9 Å². The molecule has 1 saturated carbocycles.